The average molecular weight is 442 g/mol. The SMILES string of the molecule is CCCCCCCCCCCCCCCCc1noc(C2CCCN2C(=N)N)n1.Cl. The van der Waals surface area contributed by atoms with Crippen LogP contribution in [0.1, 0.15) is 127 Å². The number of aromatic nitrogens is 2. The van der Waals surface area contributed by atoms with E-state index in [0.29, 0.717) is 5.89 Å². The van der Waals surface area contributed by atoms with E-state index in [1.165, 1.54) is 83.5 Å². The third kappa shape index (κ3) is 10.1. The lowest BCUT2D eigenvalue weighted by Gasteiger charge is -2.21. The molecule has 30 heavy (non-hydrogen) atoms. The molecule has 0 amide bonds. The molecule has 0 saturated carbocycles. The number of likely N-dealkylation sites (tertiary alicyclic amines) is 1. The van der Waals surface area contributed by atoms with Gasteiger partial charge in [0.25, 0.3) is 0 Å². The van der Waals surface area contributed by atoms with Gasteiger partial charge in [-0.2, -0.15) is 4.98 Å². The number of nitrogens with two attached hydrogens (primary N) is 1. The van der Waals surface area contributed by atoms with E-state index in [2.05, 4.69) is 17.1 Å². The molecule has 0 aliphatic carbocycles. The zero-order chi connectivity index (χ0) is 20.7. The summed E-state index contributed by atoms with van der Waals surface area (Å²) in [6, 6.07) is -0.00918. The monoisotopic (exact) mass is 441 g/mol. The average Bonchev–Trinajstić information content (AvgIpc) is 3.37. The Morgan fingerprint density at radius 3 is 2.03 bits per heavy atom. The maximum Gasteiger partial charge on any atom is 0.249 e. The highest BCUT2D eigenvalue weighted by Gasteiger charge is 2.31. The van der Waals surface area contributed by atoms with Crippen molar-refractivity contribution in [2.75, 3.05) is 6.54 Å². The van der Waals surface area contributed by atoms with Crippen LogP contribution in [-0.4, -0.2) is 27.5 Å². The predicted octanol–water partition coefficient (Wildman–Crippen LogP) is 6.55. The Labute approximate surface area is 189 Å². The summed E-state index contributed by atoms with van der Waals surface area (Å²) in [6.07, 6.45) is 22.0. The van der Waals surface area contributed by atoms with Crippen molar-refractivity contribution in [3.63, 3.8) is 0 Å². The fourth-order valence-electron chi connectivity index (χ4n) is 4.29. The van der Waals surface area contributed by atoms with Crippen molar-refractivity contribution in [2.45, 2.75) is 122 Å². The van der Waals surface area contributed by atoms with Crippen LogP contribution in [0.3, 0.4) is 0 Å². The highest BCUT2D eigenvalue weighted by molar-refractivity contribution is 5.85. The molecule has 1 aromatic heterocycles. The van der Waals surface area contributed by atoms with Crippen molar-refractivity contribution in [2.24, 2.45) is 5.73 Å². The number of nitrogens with one attached hydrogen (secondary N) is 1. The minimum absolute atomic E-state index is 0. The van der Waals surface area contributed by atoms with E-state index in [1.54, 1.807) is 0 Å². The Morgan fingerprint density at radius 1 is 0.967 bits per heavy atom. The van der Waals surface area contributed by atoms with Gasteiger partial charge in [0.05, 0.1) is 0 Å². The third-order valence-electron chi connectivity index (χ3n) is 6.09. The Bertz CT molecular complexity index is 566. The van der Waals surface area contributed by atoms with Crippen LogP contribution in [0.4, 0.5) is 0 Å². The van der Waals surface area contributed by atoms with Crippen LogP contribution >= 0.6 is 12.4 Å². The predicted molar refractivity (Wildman–Crippen MR) is 126 cm³/mol. The zero-order valence-electron chi connectivity index (χ0n) is 19.0. The first kappa shape index (κ1) is 26.7. The smallest absolute Gasteiger partial charge is 0.249 e. The Morgan fingerprint density at radius 2 is 1.50 bits per heavy atom. The van der Waals surface area contributed by atoms with Gasteiger partial charge in [-0.3, -0.25) is 5.41 Å². The maximum atomic E-state index is 7.66. The quantitative estimate of drug-likeness (QED) is 0.172. The molecule has 1 fully saturated rings. The van der Waals surface area contributed by atoms with Crippen LogP contribution in [-0.2, 0) is 6.42 Å². The standard InChI is InChI=1S/C23H43N5O.ClH/c1-2-3-4-5-6-7-8-9-10-11-12-13-14-15-18-21-26-22(29-27-21)20-17-16-19-28(20)23(24)25;/h20H,2-19H2,1H3,(H3,24,25);1H. The molecule has 1 aliphatic heterocycles. The molecule has 2 heterocycles. The molecule has 0 spiro atoms. The first-order valence-corrected chi connectivity index (χ1v) is 12.2. The number of guanidine groups is 1. The van der Waals surface area contributed by atoms with E-state index in [0.717, 1.165) is 38.1 Å². The molecule has 1 aliphatic rings. The lowest BCUT2D eigenvalue weighted by molar-refractivity contribution is 0.282. The summed E-state index contributed by atoms with van der Waals surface area (Å²) in [5.41, 5.74) is 5.65. The second kappa shape index (κ2) is 16.4. The fourth-order valence-corrected chi connectivity index (χ4v) is 4.29. The molecule has 1 aromatic rings. The molecule has 7 heteroatoms. The molecule has 2 rings (SSSR count). The summed E-state index contributed by atoms with van der Waals surface area (Å²) in [4.78, 5) is 6.40. The lowest BCUT2D eigenvalue weighted by atomic mass is 10.0. The van der Waals surface area contributed by atoms with Crippen LogP contribution in [0.5, 0.6) is 0 Å². The van der Waals surface area contributed by atoms with Crippen molar-refractivity contribution < 1.29 is 4.52 Å². The van der Waals surface area contributed by atoms with Crippen molar-refractivity contribution in [3.8, 4) is 0 Å². The van der Waals surface area contributed by atoms with E-state index in [1.807, 2.05) is 4.90 Å². The molecule has 174 valence electrons. The summed E-state index contributed by atoms with van der Waals surface area (Å²) in [7, 11) is 0. The molecular weight excluding hydrogens is 398 g/mol. The maximum absolute atomic E-state index is 7.66. The third-order valence-corrected chi connectivity index (χ3v) is 6.09. The lowest BCUT2D eigenvalue weighted by Crippen LogP contribution is -2.35. The van der Waals surface area contributed by atoms with Crippen LogP contribution in [0, 0.1) is 5.41 Å². The molecule has 1 unspecified atom stereocenters. The van der Waals surface area contributed by atoms with Crippen molar-refractivity contribution in [3.05, 3.63) is 11.7 Å². The highest BCUT2D eigenvalue weighted by Crippen LogP contribution is 2.30. The van der Waals surface area contributed by atoms with Gasteiger partial charge >= 0.3 is 0 Å². The van der Waals surface area contributed by atoms with Crippen LogP contribution < -0.4 is 5.73 Å². The molecule has 0 aromatic carbocycles. The van der Waals surface area contributed by atoms with E-state index in [4.69, 9.17) is 15.7 Å². The molecule has 0 radical (unpaired) electrons. The van der Waals surface area contributed by atoms with Gasteiger partial charge in [0.15, 0.2) is 11.8 Å². The molecule has 3 N–H and O–H groups in total. The van der Waals surface area contributed by atoms with Crippen molar-refractivity contribution in [1.82, 2.24) is 15.0 Å². The Balaban J connectivity index is 0.00000450. The topological polar surface area (TPSA) is 92.0 Å². The molecule has 6 nitrogen and oxygen atoms in total. The minimum atomic E-state index is -0.00918. The largest absolute Gasteiger partial charge is 0.370 e. The Kier molecular flexibility index (Phi) is 14.6. The van der Waals surface area contributed by atoms with Gasteiger partial charge in [-0.1, -0.05) is 95.6 Å². The number of rotatable bonds is 16. The van der Waals surface area contributed by atoms with Gasteiger partial charge in [0.1, 0.15) is 6.04 Å². The summed E-state index contributed by atoms with van der Waals surface area (Å²) in [5.74, 6) is 1.52. The highest BCUT2D eigenvalue weighted by atomic mass is 35.5. The second-order valence-corrected chi connectivity index (χ2v) is 8.63. The first-order valence-electron chi connectivity index (χ1n) is 12.2. The first-order chi connectivity index (χ1) is 14.2. The summed E-state index contributed by atoms with van der Waals surface area (Å²) < 4.78 is 5.44. The van der Waals surface area contributed by atoms with Crippen molar-refractivity contribution >= 4 is 18.4 Å². The fraction of sp³-hybridized carbons (Fsp3) is 0.870. The number of halogens is 1. The Hall–Kier alpha value is -1.30. The summed E-state index contributed by atoms with van der Waals surface area (Å²) in [5, 5.41) is 11.8. The molecular formula is C23H44ClN5O. The van der Waals surface area contributed by atoms with Crippen LogP contribution in [0.25, 0.3) is 0 Å². The number of nitrogens with zero attached hydrogens (tertiary/aromatic N) is 3. The van der Waals surface area contributed by atoms with E-state index < -0.39 is 0 Å². The number of hydrogen-bond acceptors (Lipinski definition) is 4. The molecule has 1 atom stereocenters. The summed E-state index contributed by atoms with van der Waals surface area (Å²) >= 11 is 0. The van der Waals surface area contributed by atoms with Gasteiger partial charge in [0, 0.05) is 13.0 Å². The second-order valence-electron chi connectivity index (χ2n) is 8.63. The minimum Gasteiger partial charge on any atom is -0.370 e. The van der Waals surface area contributed by atoms with E-state index in [-0.39, 0.29) is 24.4 Å². The van der Waals surface area contributed by atoms with Crippen LogP contribution in [0.2, 0.25) is 0 Å². The van der Waals surface area contributed by atoms with Gasteiger partial charge < -0.3 is 15.2 Å². The van der Waals surface area contributed by atoms with Gasteiger partial charge in [0.2, 0.25) is 5.89 Å². The number of unbranched alkanes of at least 4 members (excludes halogenated alkanes) is 13. The van der Waals surface area contributed by atoms with Crippen LogP contribution in [0.15, 0.2) is 4.52 Å². The van der Waals surface area contributed by atoms with Crippen molar-refractivity contribution in [1.29, 1.82) is 5.41 Å². The van der Waals surface area contributed by atoms with E-state index in [9.17, 15) is 0 Å². The number of aryl methyl sites for hydroxylation is 1. The normalized spacial score (nSPS) is 16.0. The molecule has 0 bridgehead atoms. The van der Waals surface area contributed by atoms with Gasteiger partial charge in [-0.05, 0) is 19.3 Å². The molecule has 1 saturated heterocycles. The zero-order valence-corrected chi connectivity index (χ0v) is 19.9. The van der Waals surface area contributed by atoms with E-state index >= 15 is 0 Å². The van der Waals surface area contributed by atoms with Gasteiger partial charge in [-0.25, -0.2) is 0 Å². The number of hydrogen-bond donors (Lipinski definition) is 2. The summed E-state index contributed by atoms with van der Waals surface area (Å²) in [6.45, 7) is 3.08. The van der Waals surface area contributed by atoms with Gasteiger partial charge in [-0.15, -0.1) is 12.4 Å².